The molecule has 0 heterocycles. The average molecular weight is 342 g/mol. The molecule has 2 rings (SSSR count). The number of aryl methyl sites for hydroxylation is 1. The first-order valence-electron chi connectivity index (χ1n) is 7.89. The van der Waals surface area contributed by atoms with E-state index in [2.05, 4.69) is 5.32 Å². The summed E-state index contributed by atoms with van der Waals surface area (Å²) in [5.74, 6) is 0.472. The van der Waals surface area contributed by atoms with Gasteiger partial charge in [0.05, 0.1) is 14.2 Å². The molecular formula is C19H22N2O4. The molecule has 1 unspecified atom stereocenters. The highest BCUT2D eigenvalue weighted by molar-refractivity contribution is 5.87. The first kappa shape index (κ1) is 18.3. The zero-order chi connectivity index (χ0) is 18.2. The quantitative estimate of drug-likeness (QED) is 0.767. The number of hydrogen-bond donors (Lipinski definition) is 2. The van der Waals surface area contributed by atoms with Crippen molar-refractivity contribution in [3.63, 3.8) is 0 Å². The molecule has 2 aromatic carbocycles. The second-order valence-electron chi connectivity index (χ2n) is 5.53. The third-order valence-corrected chi connectivity index (χ3v) is 3.77. The topological polar surface area (TPSA) is 90.6 Å². The lowest BCUT2D eigenvalue weighted by atomic mass is 10.1. The van der Waals surface area contributed by atoms with E-state index in [0.717, 1.165) is 5.56 Å². The number of methoxy groups -OCH3 is 2. The molecule has 0 bridgehead atoms. The van der Waals surface area contributed by atoms with Crippen LogP contribution in [-0.2, 0) is 16.0 Å². The number of benzene rings is 2. The Kier molecular flexibility index (Phi) is 6.39. The summed E-state index contributed by atoms with van der Waals surface area (Å²) in [6, 6.07) is 13.5. The standard InChI is InChI=1S/C19H22N2O4/c1-24-15-10-13(11-16(12-15)25-2)8-9-17(22)21-18(19(20)23)14-6-4-3-5-7-14/h3-7,10-12,18H,8-9H2,1-2H3,(H2,20,23)(H,21,22). The Labute approximate surface area is 146 Å². The number of nitrogens with two attached hydrogens (primary N) is 1. The highest BCUT2D eigenvalue weighted by Gasteiger charge is 2.19. The van der Waals surface area contributed by atoms with Gasteiger partial charge in [-0.2, -0.15) is 0 Å². The molecule has 3 N–H and O–H groups in total. The fourth-order valence-electron chi connectivity index (χ4n) is 2.47. The molecule has 6 heteroatoms. The maximum absolute atomic E-state index is 12.2. The van der Waals surface area contributed by atoms with E-state index >= 15 is 0 Å². The molecule has 132 valence electrons. The lowest BCUT2D eigenvalue weighted by molar-refractivity contribution is -0.127. The Morgan fingerprint density at radius 2 is 1.64 bits per heavy atom. The van der Waals surface area contributed by atoms with E-state index in [1.54, 1.807) is 44.6 Å². The molecule has 0 spiro atoms. The summed E-state index contributed by atoms with van der Waals surface area (Å²) >= 11 is 0. The van der Waals surface area contributed by atoms with Gasteiger partial charge in [-0.05, 0) is 29.7 Å². The van der Waals surface area contributed by atoms with Crippen molar-refractivity contribution in [1.82, 2.24) is 5.32 Å². The predicted octanol–water partition coefficient (Wildman–Crippen LogP) is 1.98. The van der Waals surface area contributed by atoms with E-state index in [-0.39, 0.29) is 12.3 Å². The lowest BCUT2D eigenvalue weighted by Gasteiger charge is -2.16. The molecule has 2 amide bonds. The Bertz CT molecular complexity index is 709. The Morgan fingerprint density at radius 1 is 1.04 bits per heavy atom. The van der Waals surface area contributed by atoms with Gasteiger partial charge in [-0.15, -0.1) is 0 Å². The van der Waals surface area contributed by atoms with Crippen LogP contribution < -0.4 is 20.5 Å². The summed E-state index contributed by atoms with van der Waals surface area (Å²) in [5.41, 5.74) is 6.98. The number of nitrogens with one attached hydrogen (secondary N) is 1. The van der Waals surface area contributed by atoms with Crippen molar-refractivity contribution in [1.29, 1.82) is 0 Å². The Hall–Kier alpha value is -3.02. The van der Waals surface area contributed by atoms with Gasteiger partial charge in [-0.25, -0.2) is 0 Å². The summed E-state index contributed by atoms with van der Waals surface area (Å²) < 4.78 is 10.4. The Morgan fingerprint density at radius 3 is 2.16 bits per heavy atom. The van der Waals surface area contributed by atoms with Crippen LogP contribution in [0.1, 0.15) is 23.6 Å². The summed E-state index contributed by atoms with van der Waals surface area (Å²) in [6.45, 7) is 0. The monoisotopic (exact) mass is 342 g/mol. The highest BCUT2D eigenvalue weighted by Crippen LogP contribution is 2.23. The number of carbonyl (C=O) groups is 2. The summed E-state index contributed by atoms with van der Waals surface area (Å²) in [6.07, 6.45) is 0.701. The smallest absolute Gasteiger partial charge is 0.244 e. The molecule has 0 aliphatic rings. The van der Waals surface area contributed by atoms with Crippen LogP contribution in [0, 0.1) is 0 Å². The summed E-state index contributed by atoms with van der Waals surface area (Å²) in [4.78, 5) is 23.9. The molecule has 0 aromatic heterocycles. The number of amides is 2. The van der Waals surface area contributed by atoms with Crippen LogP contribution in [0.15, 0.2) is 48.5 Å². The van der Waals surface area contributed by atoms with Gasteiger partial charge in [-0.1, -0.05) is 30.3 Å². The first-order chi connectivity index (χ1) is 12.0. The lowest BCUT2D eigenvalue weighted by Crippen LogP contribution is -2.37. The average Bonchev–Trinajstić information content (AvgIpc) is 2.64. The van der Waals surface area contributed by atoms with Gasteiger partial charge in [-0.3, -0.25) is 9.59 Å². The van der Waals surface area contributed by atoms with Crippen molar-refractivity contribution in [2.45, 2.75) is 18.9 Å². The first-order valence-corrected chi connectivity index (χ1v) is 7.89. The molecule has 6 nitrogen and oxygen atoms in total. The molecule has 0 aliphatic heterocycles. The van der Waals surface area contributed by atoms with Crippen molar-refractivity contribution < 1.29 is 19.1 Å². The number of carbonyl (C=O) groups excluding carboxylic acids is 2. The predicted molar refractivity (Wildman–Crippen MR) is 94.4 cm³/mol. The SMILES string of the molecule is COc1cc(CCC(=O)NC(C(N)=O)c2ccccc2)cc(OC)c1. The van der Waals surface area contributed by atoms with Gasteiger partial charge >= 0.3 is 0 Å². The minimum Gasteiger partial charge on any atom is -0.497 e. The van der Waals surface area contributed by atoms with Crippen molar-refractivity contribution in [3.05, 3.63) is 59.7 Å². The van der Waals surface area contributed by atoms with Crippen molar-refractivity contribution in [2.24, 2.45) is 5.73 Å². The van der Waals surface area contributed by atoms with E-state index < -0.39 is 11.9 Å². The van der Waals surface area contributed by atoms with Crippen LogP contribution in [0.25, 0.3) is 0 Å². The molecule has 0 aliphatic carbocycles. The third kappa shape index (κ3) is 5.24. The van der Waals surface area contributed by atoms with Crippen LogP contribution in [0.5, 0.6) is 11.5 Å². The van der Waals surface area contributed by atoms with Gasteiger partial charge in [0, 0.05) is 12.5 Å². The van der Waals surface area contributed by atoms with Crippen molar-refractivity contribution in [3.8, 4) is 11.5 Å². The molecule has 25 heavy (non-hydrogen) atoms. The van der Waals surface area contributed by atoms with Crippen LogP contribution >= 0.6 is 0 Å². The van der Waals surface area contributed by atoms with E-state index in [0.29, 0.717) is 23.5 Å². The van der Waals surface area contributed by atoms with E-state index in [1.807, 2.05) is 18.2 Å². The van der Waals surface area contributed by atoms with Gasteiger partial charge in [0.2, 0.25) is 11.8 Å². The van der Waals surface area contributed by atoms with Crippen LogP contribution in [-0.4, -0.2) is 26.0 Å². The fraction of sp³-hybridized carbons (Fsp3) is 0.263. The van der Waals surface area contributed by atoms with Gasteiger partial charge < -0.3 is 20.5 Å². The zero-order valence-electron chi connectivity index (χ0n) is 14.3. The summed E-state index contributed by atoms with van der Waals surface area (Å²) in [7, 11) is 3.14. The van der Waals surface area contributed by atoms with Gasteiger partial charge in [0.1, 0.15) is 17.5 Å². The van der Waals surface area contributed by atoms with E-state index in [1.165, 1.54) is 0 Å². The second-order valence-corrected chi connectivity index (χ2v) is 5.53. The van der Waals surface area contributed by atoms with Gasteiger partial charge in [0.25, 0.3) is 0 Å². The van der Waals surface area contributed by atoms with Crippen molar-refractivity contribution in [2.75, 3.05) is 14.2 Å². The maximum atomic E-state index is 12.2. The van der Waals surface area contributed by atoms with Gasteiger partial charge in [0.15, 0.2) is 0 Å². The van der Waals surface area contributed by atoms with Crippen LogP contribution in [0.2, 0.25) is 0 Å². The molecular weight excluding hydrogens is 320 g/mol. The van der Waals surface area contributed by atoms with E-state index in [4.69, 9.17) is 15.2 Å². The normalized spacial score (nSPS) is 11.4. The largest absolute Gasteiger partial charge is 0.497 e. The molecule has 0 radical (unpaired) electrons. The number of rotatable bonds is 8. The minimum atomic E-state index is -0.839. The van der Waals surface area contributed by atoms with Crippen LogP contribution in [0.4, 0.5) is 0 Å². The third-order valence-electron chi connectivity index (χ3n) is 3.77. The number of primary amides is 1. The number of hydrogen-bond acceptors (Lipinski definition) is 4. The molecule has 0 saturated carbocycles. The minimum absolute atomic E-state index is 0.215. The van der Waals surface area contributed by atoms with E-state index in [9.17, 15) is 9.59 Å². The molecule has 0 saturated heterocycles. The molecule has 1 atom stereocenters. The number of ether oxygens (including phenoxy) is 2. The molecule has 2 aromatic rings. The highest BCUT2D eigenvalue weighted by atomic mass is 16.5. The molecule has 0 fully saturated rings. The Balaban J connectivity index is 2.01. The fourth-order valence-corrected chi connectivity index (χ4v) is 2.47. The van der Waals surface area contributed by atoms with Crippen LogP contribution in [0.3, 0.4) is 0 Å². The maximum Gasteiger partial charge on any atom is 0.244 e. The van der Waals surface area contributed by atoms with Crippen molar-refractivity contribution >= 4 is 11.8 Å². The summed E-state index contributed by atoms with van der Waals surface area (Å²) in [5, 5.41) is 2.68. The second kappa shape index (κ2) is 8.73. The zero-order valence-corrected chi connectivity index (χ0v) is 14.3.